The summed E-state index contributed by atoms with van der Waals surface area (Å²) in [5.74, 6) is 0. The van der Waals surface area contributed by atoms with Crippen molar-refractivity contribution in [1.29, 1.82) is 0 Å². The number of nitrogens with one attached hydrogen (secondary N) is 1. The van der Waals surface area contributed by atoms with Gasteiger partial charge in [0.1, 0.15) is 18.3 Å². The lowest BCUT2D eigenvalue weighted by Gasteiger charge is -2.20. The van der Waals surface area contributed by atoms with E-state index in [4.69, 9.17) is 9.72 Å². The molecule has 0 saturated carbocycles. The van der Waals surface area contributed by atoms with E-state index >= 15 is 0 Å². The number of aryl methyl sites for hydroxylation is 2. The van der Waals surface area contributed by atoms with Crippen LogP contribution in [0.25, 0.3) is 33.7 Å². The summed E-state index contributed by atoms with van der Waals surface area (Å²) < 4.78 is 6.52. The third-order valence-corrected chi connectivity index (χ3v) is 6.18. The molecule has 0 radical (unpaired) electrons. The molecule has 35 heavy (non-hydrogen) atoms. The molecule has 4 atom stereocenters. The standard InChI is InChI=1S/C25H24N4O6/c1-12-3-7-14(8-4-12)17-18(15-9-5-13(2)6-10-15)27-22-19(26-17)23(33)28-25(34)29(22)24-21(32)20(31)16(11-30)35-24/h3-10,16,20-21,24,30-32H,11H2,1-2H3,(H,28,33,34)/t16-,20-,21-,24-/m1/s1. The topological polar surface area (TPSA) is 151 Å². The fourth-order valence-corrected chi connectivity index (χ4v) is 4.21. The van der Waals surface area contributed by atoms with Crippen molar-refractivity contribution in [2.24, 2.45) is 0 Å². The van der Waals surface area contributed by atoms with Gasteiger partial charge in [0.05, 0.1) is 18.0 Å². The summed E-state index contributed by atoms with van der Waals surface area (Å²) in [7, 11) is 0. The van der Waals surface area contributed by atoms with E-state index in [0.29, 0.717) is 17.0 Å². The highest BCUT2D eigenvalue weighted by Crippen LogP contribution is 2.33. The van der Waals surface area contributed by atoms with Gasteiger partial charge in [0.2, 0.25) is 0 Å². The first kappa shape index (κ1) is 23.1. The predicted octanol–water partition coefficient (Wildman–Crippen LogP) is 1.04. The molecule has 0 amide bonds. The van der Waals surface area contributed by atoms with Crippen LogP contribution in [0.5, 0.6) is 0 Å². The minimum atomic E-state index is -1.54. The van der Waals surface area contributed by atoms with Crippen LogP contribution < -0.4 is 11.2 Å². The minimum absolute atomic E-state index is 0.111. The Hall–Kier alpha value is -3.70. The van der Waals surface area contributed by atoms with Gasteiger partial charge in [-0.1, -0.05) is 59.7 Å². The van der Waals surface area contributed by atoms with E-state index in [0.717, 1.165) is 21.3 Å². The van der Waals surface area contributed by atoms with Crippen LogP contribution in [0.1, 0.15) is 17.4 Å². The Balaban J connectivity index is 1.82. The van der Waals surface area contributed by atoms with E-state index in [1.165, 1.54) is 0 Å². The van der Waals surface area contributed by atoms with Gasteiger partial charge >= 0.3 is 5.69 Å². The van der Waals surface area contributed by atoms with Crippen molar-refractivity contribution in [1.82, 2.24) is 19.5 Å². The molecule has 4 aromatic rings. The van der Waals surface area contributed by atoms with Crippen molar-refractivity contribution in [3.63, 3.8) is 0 Å². The smallest absolute Gasteiger partial charge is 0.332 e. The molecule has 2 aromatic heterocycles. The molecule has 1 fully saturated rings. The molecule has 0 spiro atoms. The van der Waals surface area contributed by atoms with E-state index in [1.54, 1.807) is 0 Å². The molecule has 1 aliphatic heterocycles. The Kier molecular flexibility index (Phi) is 5.81. The second-order valence-electron chi connectivity index (χ2n) is 8.68. The van der Waals surface area contributed by atoms with Crippen molar-refractivity contribution in [3.05, 3.63) is 80.5 Å². The number of hydrogen-bond acceptors (Lipinski definition) is 8. The maximum absolute atomic E-state index is 12.9. The van der Waals surface area contributed by atoms with E-state index in [1.807, 2.05) is 62.4 Å². The molecule has 5 rings (SSSR count). The highest BCUT2D eigenvalue weighted by atomic mass is 16.6. The van der Waals surface area contributed by atoms with Crippen molar-refractivity contribution < 1.29 is 20.1 Å². The minimum Gasteiger partial charge on any atom is -0.394 e. The number of aliphatic hydroxyl groups excluding tert-OH is 3. The number of aromatic nitrogens is 4. The van der Waals surface area contributed by atoms with Gasteiger partial charge in [0.25, 0.3) is 5.56 Å². The lowest BCUT2D eigenvalue weighted by atomic mass is 10.0. The molecule has 3 heterocycles. The maximum Gasteiger partial charge on any atom is 0.332 e. The Morgan fingerprint density at radius 1 is 0.886 bits per heavy atom. The van der Waals surface area contributed by atoms with Crippen LogP contribution in [0, 0.1) is 13.8 Å². The Bertz CT molecular complexity index is 1510. The fourth-order valence-electron chi connectivity index (χ4n) is 4.21. The van der Waals surface area contributed by atoms with Gasteiger partial charge in [-0.15, -0.1) is 0 Å². The molecule has 1 aliphatic rings. The number of fused-ring (bicyclic) bond motifs is 1. The third kappa shape index (κ3) is 3.96. The summed E-state index contributed by atoms with van der Waals surface area (Å²) in [6.07, 6.45) is -5.48. The van der Waals surface area contributed by atoms with Crippen molar-refractivity contribution >= 4 is 11.2 Å². The Labute approximate surface area is 199 Å². The summed E-state index contributed by atoms with van der Waals surface area (Å²) in [4.78, 5) is 37.2. The van der Waals surface area contributed by atoms with Crippen molar-refractivity contribution in [2.75, 3.05) is 6.61 Å². The van der Waals surface area contributed by atoms with Gasteiger partial charge in [-0.05, 0) is 13.8 Å². The van der Waals surface area contributed by atoms with Crippen LogP contribution in [-0.2, 0) is 4.74 Å². The largest absolute Gasteiger partial charge is 0.394 e. The molecule has 10 nitrogen and oxygen atoms in total. The molecule has 0 aliphatic carbocycles. The fraction of sp³-hybridized carbons (Fsp3) is 0.280. The van der Waals surface area contributed by atoms with Gasteiger partial charge in [0.15, 0.2) is 17.4 Å². The van der Waals surface area contributed by atoms with E-state index in [2.05, 4.69) is 9.97 Å². The van der Waals surface area contributed by atoms with Crippen LogP contribution in [0.4, 0.5) is 0 Å². The van der Waals surface area contributed by atoms with Crippen LogP contribution in [0.15, 0.2) is 58.1 Å². The average molecular weight is 476 g/mol. The highest BCUT2D eigenvalue weighted by Gasteiger charge is 2.44. The Morgan fingerprint density at radius 3 is 1.94 bits per heavy atom. The first-order valence-corrected chi connectivity index (χ1v) is 11.1. The van der Waals surface area contributed by atoms with Crippen LogP contribution in [-0.4, -0.2) is 59.8 Å². The molecule has 0 bridgehead atoms. The number of rotatable bonds is 4. The molecular formula is C25H24N4O6. The molecule has 0 unspecified atom stereocenters. The molecule has 2 aromatic carbocycles. The molecular weight excluding hydrogens is 452 g/mol. The quantitative estimate of drug-likeness (QED) is 0.341. The van der Waals surface area contributed by atoms with Gasteiger partial charge < -0.3 is 20.1 Å². The zero-order valence-electron chi connectivity index (χ0n) is 19.0. The predicted molar refractivity (Wildman–Crippen MR) is 128 cm³/mol. The molecule has 10 heteroatoms. The summed E-state index contributed by atoms with van der Waals surface area (Å²) in [6, 6.07) is 15.1. The van der Waals surface area contributed by atoms with E-state index < -0.39 is 42.4 Å². The van der Waals surface area contributed by atoms with Gasteiger partial charge in [-0.2, -0.15) is 0 Å². The van der Waals surface area contributed by atoms with Gasteiger partial charge in [-0.3, -0.25) is 9.78 Å². The van der Waals surface area contributed by atoms with E-state index in [9.17, 15) is 24.9 Å². The first-order valence-electron chi connectivity index (χ1n) is 11.1. The third-order valence-electron chi connectivity index (χ3n) is 6.18. The summed E-state index contributed by atoms with van der Waals surface area (Å²) in [5, 5.41) is 30.3. The second kappa shape index (κ2) is 8.82. The number of aliphatic hydroxyl groups is 3. The second-order valence-corrected chi connectivity index (χ2v) is 8.68. The maximum atomic E-state index is 12.9. The summed E-state index contributed by atoms with van der Waals surface area (Å²) >= 11 is 0. The zero-order chi connectivity index (χ0) is 24.9. The van der Waals surface area contributed by atoms with Crippen molar-refractivity contribution in [2.45, 2.75) is 38.4 Å². The average Bonchev–Trinajstić information content (AvgIpc) is 3.13. The number of aromatic amines is 1. The Morgan fingerprint density at radius 2 is 1.43 bits per heavy atom. The van der Waals surface area contributed by atoms with Crippen LogP contribution in [0.3, 0.4) is 0 Å². The van der Waals surface area contributed by atoms with Crippen LogP contribution in [0.2, 0.25) is 0 Å². The number of benzene rings is 2. The van der Waals surface area contributed by atoms with Gasteiger partial charge in [0, 0.05) is 11.1 Å². The first-order chi connectivity index (χ1) is 16.8. The number of nitrogens with zero attached hydrogens (tertiary/aromatic N) is 3. The lowest BCUT2D eigenvalue weighted by molar-refractivity contribution is -0.0530. The summed E-state index contributed by atoms with van der Waals surface area (Å²) in [5.41, 5.74) is 2.52. The number of H-pyrrole nitrogens is 1. The molecule has 4 N–H and O–H groups in total. The molecule has 1 saturated heterocycles. The monoisotopic (exact) mass is 476 g/mol. The molecule has 180 valence electrons. The summed E-state index contributed by atoms with van der Waals surface area (Å²) in [6.45, 7) is 3.35. The lowest BCUT2D eigenvalue weighted by Crippen LogP contribution is -2.39. The zero-order valence-corrected chi connectivity index (χ0v) is 19.0. The van der Waals surface area contributed by atoms with E-state index in [-0.39, 0.29) is 11.2 Å². The normalized spacial score (nSPS) is 22.1. The van der Waals surface area contributed by atoms with Crippen LogP contribution >= 0.6 is 0 Å². The number of ether oxygens (including phenoxy) is 1. The van der Waals surface area contributed by atoms with Crippen molar-refractivity contribution in [3.8, 4) is 22.5 Å². The SMILES string of the molecule is Cc1ccc(-c2nc3c(=O)[nH]c(=O)n([C@@H]4O[C@H](CO)[C@@H](O)[C@H]4O)c3nc2-c2ccc(C)cc2)cc1. The highest BCUT2D eigenvalue weighted by molar-refractivity contribution is 5.84. The number of hydrogen-bond donors (Lipinski definition) is 4. The van der Waals surface area contributed by atoms with Gasteiger partial charge in [-0.25, -0.2) is 19.3 Å².